The van der Waals surface area contributed by atoms with Crippen LogP contribution in [0.5, 0.6) is 0 Å². The number of carbonyl (C=O) groups is 1. The zero-order chi connectivity index (χ0) is 14.5. The van der Waals surface area contributed by atoms with E-state index in [0.29, 0.717) is 17.8 Å². The van der Waals surface area contributed by atoms with Gasteiger partial charge in [0.1, 0.15) is 5.69 Å². The minimum atomic E-state index is -1.07. The maximum absolute atomic E-state index is 10.9. The van der Waals surface area contributed by atoms with Gasteiger partial charge in [0.05, 0.1) is 11.0 Å². The molecular formula is C13H14N2O5. The number of hydrogen-bond acceptors (Lipinski definition) is 5. The number of aliphatic carboxylic acids is 1. The average molecular weight is 278 g/mol. The van der Waals surface area contributed by atoms with Crippen LogP contribution in [0.1, 0.15) is 12.0 Å². The van der Waals surface area contributed by atoms with Gasteiger partial charge in [0.25, 0.3) is 5.69 Å². The monoisotopic (exact) mass is 278 g/mol. The molecule has 20 heavy (non-hydrogen) atoms. The highest BCUT2D eigenvalue weighted by atomic mass is 16.6. The molecule has 1 heterocycles. The number of ether oxygens (including phenoxy) is 1. The van der Waals surface area contributed by atoms with Crippen LogP contribution >= 0.6 is 0 Å². The summed E-state index contributed by atoms with van der Waals surface area (Å²) in [5.74, 6) is -1.07. The Bertz CT molecular complexity index is 552. The Morgan fingerprint density at radius 1 is 1.60 bits per heavy atom. The Labute approximate surface area is 115 Å². The largest absolute Gasteiger partial charge is 0.478 e. The van der Waals surface area contributed by atoms with Gasteiger partial charge in [-0.15, -0.1) is 0 Å². The fourth-order valence-electron chi connectivity index (χ4n) is 1.79. The number of anilines is 1. The fourth-order valence-corrected chi connectivity index (χ4v) is 1.79. The summed E-state index contributed by atoms with van der Waals surface area (Å²) in [5, 5.41) is 22.5. The molecule has 1 aliphatic heterocycles. The summed E-state index contributed by atoms with van der Waals surface area (Å²) >= 11 is 0. The lowest BCUT2D eigenvalue weighted by Gasteiger charge is -2.26. The molecule has 106 valence electrons. The summed E-state index contributed by atoms with van der Waals surface area (Å²) in [6.07, 6.45) is 3.38. The van der Waals surface area contributed by atoms with Crippen LogP contribution in [0.2, 0.25) is 0 Å². The predicted octanol–water partition coefficient (Wildman–Crippen LogP) is 1.89. The molecular weight excluding hydrogens is 264 g/mol. The van der Waals surface area contributed by atoms with Gasteiger partial charge in [0.15, 0.2) is 0 Å². The van der Waals surface area contributed by atoms with Crippen molar-refractivity contribution in [2.45, 2.75) is 12.5 Å². The van der Waals surface area contributed by atoms with Gasteiger partial charge < -0.3 is 15.2 Å². The second kappa shape index (κ2) is 6.16. The number of rotatable bonds is 6. The zero-order valence-electron chi connectivity index (χ0n) is 10.6. The Balaban J connectivity index is 2.16. The van der Waals surface area contributed by atoms with Crippen molar-refractivity contribution in [3.8, 4) is 0 Å². The van der Waals surface area contributed by atoms with Crippen LogP contribution in [0.25, 0.3) is 6.08 Å². The molecule has 1 aromatic carbocycles. The zero-order valence-corrected chi connectivity index (χ0v) is 10.6. The van der Waals surface area contributed by atoms with Crippen LogP contribution in [-0.2, 0) is 9.53 Å². The lowest BCUT2D eigenvalue weighted by atomic mass is 10.1. The summed E-state index contributed by atoms with van der Waals surface area (Å²) in [6.45, 7) is 1.21. The summed E-state index contributed by atoms with van der Waals surface area (Å²) in [5.41, 5.74) is 0.893. The molecule has 2 N–H and O–H groups in total. The molecule has 0 aliphatic carbocycles. The lowest BCUT2D eigenvalue weighted by Crippen LogP contribution is -2.33. The molecule has 0 amide bonds. The Hall–Kier alpha value is -2.41. The highest BCUT2D eigenvalue weighted by Crippen LogP contribution is 2.26. The van der Waals surface area contributed by atoms with Crippen LogP contribution in [0.15, 0.2) is 24.3 Å². The third-order valence-electron chi connectivity index (χ3n) is 2.95. The van der Waals surface area contributed by atoms with Gasteiger partial charge in [-0.05, 0) is 30.2 Å². The molecule has 2 rings (SSSR count). The summed E-state index contributed by atoms with van der Waals surface area (Å²) < 4.78 is 5.24. The Kier molecular flexibility index (Phi) is 4.31. The second-order valence-electron chi connectivity index (χ2n) is 4.37. The fraction of sp³-hybridized carbons (Fsp3) is 0.308. The number of nitrogens with one attached hydrogen (secondary N) is 1. The Morgan fingerprint density at radius 2 is 2.35 bits per heavy atom. The molecule has 7 heteroatoms. The first-order chi connectivity index (χ1) is 9.56. The minimum absolute atomic E-state index is 0.0446. The van der Waals surface area contributed by atoms with E-state index in [1.54, 1.807) is 6.07 Å². The molecule has 0 unspecified atom stereocenters. The third-order valence-corrected chi connectivity index (χ3v) is 2.95. The van der Waals surface area contributed by atoms with Crippen LogP contribution in [-0.4, -0.2) is 35.3 Å². The number of nitrogens with zero attached hydrogens (tertiary/aromatic N) is 1. The van der Waals surface area contributed by atoms with Gasteiger partial charge in [-0.3, -0.25) is 10.1 Å². The molecule has 1 aliphatic rings. The van der Waals surface area contributed by atoms with Crippen LogP contribution in [0.3, 0.4) is 0 Å². The Morgan fingerprint density at radius 3 is 2.90 bits per heavy atom. The third kappa shape index (κ3) is 3.55. The summed E-state index contributed by atoms with van der Waals surface area (Å²) in [7, 11) is 0. The lowest BCUT2D eigenvalue weighted by molar-refractivity contribution is -0.384. The van der Waals surface area contributed by atoms with Crippen molar-refractivity contribution in [3.05, 3.63) is 40.0 Å². The van der Waals surface area contributed by atoms with E-state index in [1.807, 2.05) is 0 Å². The number of nitro groups is 1. The van der Waals surface area contributed by atoms with Gasteiger partial charge >= 0.3 is 5.97 Å². The minimum Gasteiger partial charge on any atom is -0.478 e. The standard InChI is InChI=1S/C13H14N2O5/c16-13(17)4-2-9-1-3-12(15(18)19)11(7-9)14-8-10-5-6-20-10/h1-4,7,10,14H,5-6,8H2,(H,16,17)/b4-2+/t10-/m0/s1. The number of carboxylic acid groups (broad SMARTS) is 1. The highest BCUT2D eigenvalue weighted by molar-refractivity contribution is 5.85. The van der Waals surface area contributed by atoms with Crippen molar-refractivity contribution in [1.82, 2.24) is 0 Å². The van der Waals surface area contributed by atoms with E-state index in [1.165, 1.54) is 18.2 Å². The summed E-state index contributed by atoms with van der Waals surface area (Å²) in [6, 6.07) is 4.41. The molecule has 1 atom stereocenters. The van der Waals surface area contributed by atoms with E-state index in [-0.39, 0.29) is 11.8 Å². The van der Waals surface area contributed by atoms with Crippen LogP contribution in [0.4, 0.5) is 11.4 Å². The summed E-state index contributed by atoms with van der Waals surface area (Å²) in [4.78, 5) is 20.9. The first kappa shape index (κ1) is 14.0. The molecule has 1 saturated heterocycles. The SMILES string of the molecule is O=C(O)/C=C/c1ccc([N+](=O)[O-])c(NC[C@@H]2CCO2)c1. The van der Waals surface area contributed by atoms with Crippen molar-refractivity contribution in [2.75, 3.05) is 18.5 Å². The second-order valence-corrected chi connectivity index (χ2v) is 4.37. The number of carboxylic acids is 1. The molecule has 0 saturated carbocycles. The normalized spacial score (nSPS) is 17.7. The molecule has 7 nitrogen and oxygen atoms in total. The van der Waals surface area contributed by atoms with Gasteiger partial charge in [0, 0.05) is 25.3 Å². The van der Waals surface area contributed by atoms with E-state index in [0.717, 1.165) is 19.1 Å². The number of hydrogen-bond donors (Lipinski definition) is 2. The van der Waals surface area contributed by atoms with Crippen LogP contribution < -0.4 is 5.32 Å². The van der Waals surface area contributed by atoms with Crippen molar-refractivity contribution in [2.24, 2.45) is 0 Å². The molecule has 0 radical (unpaired) electrons. The maximum Gasteiger partial charge on any atom is 0.328 e. The van der Waals surface area contributed by atoms with E-state index in [9.17, 15) is 14.9 Å². The number of nitro benzene ring substituents is 1. The average Bonchev–Trinajstić information content (AvgIpc) is 2.34. The molecule has 0 aromatic heterocycles. The first-order valence-corrected chi connectivity index (χ1v) is 6.11. The van der Waals surface area contributed by atoms with E-state index in [4.69, 9.17) is 9.84 Å². The van der Waals surface area contributed by atoms with Crippen molar-refractivity contribution >= 4 is 23.4 Å². The molecule has 1 aromatic rings. The van der Waals surface area contributed by atoms with E-state index >= 15 is 0 Å². The smallest absolute Gasteiger partial charge is 0.328 e. The van der Waals surface area contributed by atoms with E-state index in [2.05, 4.69) is 5.32 Å². The van der Waals surface area contributed by atoms with Crippen molar-refractivity contribution in [1.29, 1.82) is 0 Å². The quantitative estimate of drug-likeness (QED) is 0.468. The topological polar surface area (TPSA) is 102 Å². The van der Waals surface area contributed by atoms with Crippen molar-refractivity contribution < 1.29 is 19.6 Å². The van der Waals surface area contributed by atoms with Gasteiger partial charge in [-0.2, -0.15) is 0 Å². The maximum atomic E-state index is 10.9. The number of benzene rings is 1. The van der Waals surface area contributed by atoms with Gasteiger partial charge in [-0.25, -0.2) is 4.79 Å². The van der Waals surface area contributed by atoms with E-state index < -0.39 is 10.9 Å². The highest BCUT2D eigenvalue weighted by Gasteiger charge is 2.20. The van der Waals surface area contributed by atoms with Crippen molar-refractivity contribution in [3.63, 3.8) is 0 Å². The van der Waals surface area contributed by atoms with Gasteiger partial charge in [0.2, 0.25) is 0 Å². The van der Waals surface area contributed by atoms with Gasteiger partial charge in [-0.1, -0.05) is 0 Å². The molecule has 1 fully saturated rings. The van der Waals surface area contributed by atoms with Crippen LogP contribution in [0, 0.1) is 10.1 Å². The molecule has 0 spiro atoms. The predicted molar refractivity (Wildman–Crippen MR) is 72.6 cm³/mol. The first-order valence-electron chi connectivity index (χ1n) is 6.11. The molecule has 0 bridgehead atoms.